The lowest BCUT2D eigenvalue weighted by Gasteiger charge is -2.11. The summed E-state index contributed by atoms with van der Waals surface area (Å²) in [6.07, 6.45) is 3.36. The van der Waals surface area contributed by atoms with Crippen molar-refractivity contribution in [3.63, 3.8) is 0 Å². The molecule has 1 amide bonds. The number of hydrogen-bond donors (Lipinski definition) is 1. The van der Waals surface area contributed by atoms with Crippen molar-refractivity contribution in [3.05, 3.63) is 66.7 Å². The Kier molecular flexibility index (Phi) is 6.03. The van der Waals surface area contributed by atoms with E-state index in [9.17, 15) is 9.18 Å². The number of halogens is 1. The zero-order valence-electron chi connectivity index (χ0n) is 16.8. The fraction of sp³-hybridized carbons (Fsp3) is 0.136. The van der Waals surface area contributed by atoms with Gasteiger partial charge in [0.1, 0.15) is 22.3 Å². The van der Waals surface area contributed by atoms with Crippen LogP contribution >= 0.6 is 11.8 Å². The van der Waals surface area contributed by atoms with Crippen molar-refractivity contribution in [2.75, 3.05) is 25.3 Å². The van der Waals surface area contributed by atoms with Crippen molar-refractivity contribution in [1.82, 2.24) is 14.6 Å². The van der Waals surface area contributed by atoms with Crippen LogP contribution in [0.1, 0.15) is 0 Å². The molecule has 0 atom stereocenters. The predicted octanol–water partition coefficient (Wildman–Crippen LogP) is 4.28. The summed E-state index contributed by atoms with van der Waals surface area (Å²) >= 11 is 1.30. The summed E-state index contributed by atoms with van der Waals surface area (Å²) in [5.41, 5.74) is 2.82. The minimum Gasteiger partial charge on any atom is -0.497 e. The number of nitrogens with zero attached hydrogens (tertiary/aromatic N) is 3. The van der Waals surface area contributed by atoms with E-state index in [1.54, 1.807) is 54.4 Å². The van der Waals surface area contributed by atoms with Crippen molar-refractivity contribution >= 4 is 28.9 Å². The van der Waals surface area contributed by atoms with Crippen molar-refractivity contribution < 1.29 is 18.7 Å². The molecule has 4 aromatic rings. The second kappa shape index (κ2) is 9.05. The molecule has 0 saturated heterocycles. The summed E-state index contributed by atoms with van der Waals surface area (Å²) < 4.78 is 25.4. The number of rotatable bonds is 7. The molecular formula is C22H19FN4O3S. The van der Waals surface area contributed by atoms with Gasteiger partial charge in [0.05, 0.1) is 36.9 Å². The Hall–Kier alpha value is -3.59. The number of methoxy groups -OCH3 is 2. The summed E-state index contributed by atoms with van der Waals surface area (Å²) in [5, 5.41) is 8.03. The summed E-state index contributed by atoms with van der Waals surface area (Å²) in [6.45, 7) is 0. The van der Waals surface area contributed by atoms with Gasteiger partial charge in [0, 0.05) is 24.0 Å². The smallest absolute Gasteiger partial charge is 0.234 e. The lowest BCUT2D eigenvalue weighted by molar-refractivity contribution is -0.113. The van der Waals surface area contributed by atoms with Crippen LogP contribution in [0.2, 0.25) is 0 Å². The molecule has 2 aromatic heterocycles. The number of thioether (sulfide) groups is 1. The van der Waals surface area contributed by atoms with Gasteiger partial charge in [-0.2, -0.15) is 5.10 Å². The van der Waals surface area contributed by atoms with E-state index in [0.29, 0.717) is 27.9 Å². The first-order valence-corrected chi connectivity index (χ1v) is 10.3. The molecule has 0 aliphatic carbocycles. The number of hydrogen-bond acceptors (Lipinski definition) is 6. The fourth-order valence-electron chi connectivity index (χ4n) is 2.99. The van der Waals surface area contributed by atoms with E-state index >= 15 is 0 Å². The highest BCUT2D eigenvalue weighted by Crippen LogP contribution is 2.30. The van der Waals surface area contributed by atoms with Crippen molar-refractivity contribution in [1.29, 1.82) is 0 Å². The number of aromatic nitrogens is 3. The summed E-state index contributed by atoms with van der Waals surface area (Å²) in [4.78, 5) is 16.9. The Morgan fingerprint density at radius 2 is 1.94 bits per heavy atom. The van der Waals surface area contributed by atoms with Gasteiger partial charge in [0.2, 0.25) is 5.91 Å². The monoisotopic (exact) mass is 438 g/mol. The largest absolute Gasteiger partial charge is 0.497 e. The first kappa shape index (κ1) is 20.7. The van der Waals surface area contributed by atoms with Gasteiger partial charge >= 0.3 is 0 Å². The quantitative estimate of drug-likeness (QED) is 0.434. The van der Waals surface area contributed by atoms with E-state index in [1.165, 1.54) is 31.0 Å². The SMILES string of the molecule is COc1ccc(NC(=O)CSc2nccn3nc(-c4ccc(F)cc4)cc23)c(OC)c1. The van der Waals surface area contributed by atoms with Crippen LogP contribution in [0.25, 0.3) is 16.8 Å². The molecule has 0 bridgehead atoms. The molecular weight excluding hydrogens is 419 g/mol. The highest BCUT2D eigenvalue weighted by Gasteiger charge is 2.13. The first-order valence-electron chi connectivity index (χ1n) is 9.32. The second-order valence-corrected chi connectivity index (χ2v) is 7.47. The van der Waals surface area contributed by atoms with E-state index < -0.39 is 0 Å². The van der Waals surface area contributed by atoms with Crippen LogP contribution in [-0.4, -0.2) is 40.5 Å². The topological polar surface area (TPSA) is 77.8 Å². The average molecular weight is 438 g/mol. The lowest BCUT2D eigenvalue weighted by Crippen LogP contribution is -2.15. The maximum absolute atomic E-state index is 13.2. The molecule has 0 saturated carbocycles. The number of carbonyl (C=O) groups is 1. The number of amides is 1. The summed E-state index contributed by atoms with van der Waals surface area (Å²) in [6, 6.07) is 13.2. The molecule has 9 heteroatoms. The highest BCUT2D eigenvalue weighted by molar-refractivity contribution is 8.00. The minimum absolute atomic E-state index is 0.152. The molecule has 31 heavy (non-hydrogen) atoms. The molecule has 0 unspecified atom stereocenters. The zero-order chi connectivity index (χ0) is 21.8. The van der Waals surface area contributed by atoms with Crippen LogP contribution < -0.4 is 14.8 Å². The van der Waals surface area contributed by atoms with Gasteiger partial charge in [0.15, 0.2) is 0 Å². The lowest BCUT2D eigenvalue weighted by atomic mass is 10.1. The number of carbonyl (C=O) groups excluding carboxylic acids is 1. The number of nitrogens with one attached hydrogen (secondary N) is 1. The molecule has 2 heterocycles. The number of ether oxygens (including phenoxy) is 2. The van der Waals surface area contributed by atoms with Gasteiger partial charge in [-0.05, 0) is 42.5 Å². The van der Waals surface area contributed by atoms with Crippen LogP contribution in [-0.2, 0) is 4.79 Å². The minimum atomic E-state index is -0.301. The third-order valence-corrected chi connectivity index (χ3v) is 5.51. The standard InChI is InChI=1S/C22H19FN4O3S/c1-29-16-7-8-17(20(11-16)30-2)25-21(28)13-31-22-19-12-18(26-27(19)10-9-24-22)14-3-5-15(23)6-4-14/h3-12H,13H2,1-2H3,(H,25,28). The van der Waals surface area contributed by atoms with Crippen LogP contribution in [0, 0.1) is 5.82 Å². The number of anilines is 1. The van der Waals surface area contributed by atoms with Crippen molar-refractivity contribution in [3.8, 4) is 22.8 Å². The Labute approximate surface area is 182 Å². The van der Waals surface area contributed by atoms with E-state index in [1.807, 2.05) is 6.07 Å². The van der Waals surface area contributed by atoms with Gasteiger partial charge in [-0.15, -0.1) is 0 Å². The van der Waals surface area contributed by atoms with Crippen molar-refractivity contribution in [2.24, 2.45) is 0 Å². The maximum atomic E-state index is 13.2. The van der Waals surface area contributed by atoms with Crippen LogP contribution in [0.15, 0.2) is 66.0 Å². The van der Waals surface area contributed by atoms with Crippen molar-refractivity contribution in [2.45, 2.75) is 5.03 Å². The first-order chi connectivity index (χ1) is 15.1. The van der Waals surface area contributed by atoms with Crippen LogP contribution in [0.5, 0.6) is 11.5 Å². The van der Waals surface area contributed by atoms with Gasteiger partial charge in [-0.1, -0.05) is 11.8 Å². The molecule has 158 valence electrons. The fourth-order valence-corrected chi connectivity index (χ4v) is 3.77. The maximum Gasteiger partial charge on any atom is 0.234 e. The number of fused-ring (bicyclic) bond motifs is 1. The Balaban J connectivity index is 1.49. The Bertz CT molecular complexity index is 1230. The molecule has 0 aliphatic rings. The zero-order valence-corrected chi connectivity index (χ0v) is 17.6. The van der Waals surface area contributed by atoms with E-state index in [4.69, 9.17) is 9.47 Å². The molecule has 2 aromatic carbocycles. The van der Waals surface area contributed by atoms with E-state index in [-0.39, 0.29) is 17.5 Å². The van der Waals surface area contributed by atoms with E-state index in [0.717, 1.165) is 11.1 Å². The normalized spacial score (nSPS) is 10.8. The van der Waals surface area contributed by atoms with Gasteiger partial charge in [-0.25, -0.2) is 13.9 Å². The average Bonchev–Trinajstić information content (AvgIpc) is 3.23. The van der Waals surface area contributed by atoms with Crippen LogP contribution in [0.4, 0.5) is 10.1 Å². The summed E-state index contributed by atoms with van der Waals surface area (Å²) in [5.74, 6) is 0.801. The van der Waals surface area contributed by atoms with Gasteiger partial charge in [0.25, 0.3) is 0 Å². The molecule has 7 nitrogen and oxygen atoms in total. The third kappa shape index (κ3) is 4.61. The van der Waals surface area contributed by atoms with Gasteiger partial charge in [-0.3, -0.25) is 4.79 Å². The van der Waals surface area contributed by atoms with E-state index in [2.05, 4.69) is 15.4 Å². The highest BCUT2D eigenvalue weighted by atomic mass is 32.2. The number of benzene rings is 2. The summed E-state index contributed by atoms with van der Waals surface area (Å²) in [7, 11) is 3.09. The second-order valence-electron chi connectivity index (χ2n) is 6.50. The predicted molar refractivity (Wildman–Crippen MR) is 117 cm³/mol. The Morgan fingerprint density at radius 1 is 1.13 bits per heavy atom. The van der Waals surface area contributed by atoms with Crippen LogP contribution in [0.3, 0.4) is 0 Å². The molecule has 1 N–H and O–H groups in total. The molecule has 0 radical (unpaired) electrons. The molecule has 0 aliphatic heterocycles. The molecule has 0 spiro atoms. The molecule has 4 rings (SSSR count). The third-order valence-electron chi connectivity index (χ3n) is 4.52. The molecule has 0 fully saturated rings. The van der Waals surface area contributed by atoms with Gasteiger partial charge < -0.3 is 14.8 Å². The Morgan fingerprint density at radius 3 is 2.68 bits per heavy atom.